The van der Waals surface area contributed by atoms with Crippen molar-refractivity contribution in [2.75, 3.05) is 5.32 Å². The molecule has 0 radical (unpaired) electrons. The van der Waals surface area contributed by atoms with Gasteiger partial charge in [-0.2, -0.15) is 5.10 Å². The molecule has 0 unspecified atom stereocenters. The van der Waals surface area contributed by atoms with E-state index in [1.165, 1.54) is 12.1 Å². The maximum atomic E-state index is 13.3. The van der Waals surface area contributed by atoms with E-state index in [0.717, 1.165) is 40.2 Å². The van der Waals surface area contributed by atoms with Gasteiger partial charge in [-0.05, 0) is 36.2 Å². The van der Waals surface area contributed by atoms with Crippen LogP contribution in [0.4, 0.5) is 10.2 Å². The molecule has 1 aromatic carbocycles. The van der Waals surface area contributed by atoms with Gasteiger partial charge >= 0.3 is 0 Å². The average Bonchev–Trinajstić information content (AvgIpc) is 3.24. The largest absolute Gasteiger partial charge is 0.365 e. The number of halogens is 2. The summed E-state index contributed by atoms with van der Waals surface area (Å²) >= 11 is 6.09. The van der Waals surface area contributed by atoms with Crippen LogP contribution in [0.1, 0.15) is 23.7 Å². The molecular formula is C20H19ClFN5. The van der Waals surface area contributed by atoms with Crippen LogP contribution in [0.5, 0.6) is 0 Å². The lowest BCUT2D eigenvalue weighted by Gasteiger charge is -2.04. The molecule has 0 amide bonds. The van der Waals surface area contributed by atoms with E-state index in [1.807, 2.05) is 29.1 Å². The fraction of sp³-hybridized carbons (Fsp3) is 0.200. The molecule has 0 atom stereocenters. The summed E-state index contributed by atoms with van der Waals surface area (Å²) in [4.78, 5) is 7.49. The van der Waals surface area contributed by atoms with Gasteiger partial charge in [0.2, 0.25) is 0 Å². The summed E-state index contributed by atoms with van der Waals surface area (Å²) in [6.07, 6.45) is 4.31. The fourth-order valence-electron chi connectivity index (χ4n) is 3.17. The lowest BCUT2D eigenvalue weighted by molar-refractivity contribution is 0.625. The molecule has 4 aromatic rings. The van der Waals surface area contributed by atoms with Gasteiger partial charge in [-0.3, -0.25) is 4.68 Å². The van der Waals surface area contributed by atoms with E-state index in [9.17, 15) is 4.39 Å². The van der Waals surface area contributed by atoms with E-state index in [1.54, 1.807) is 12.3 Å². The van der Waals surface area contributed by atoms with Crippen LogP contribution in [0, 0.1) is 5.82 Å². The topological polar surface area (TPSA) is 58.5 Å². The van der Waals surface area contributed by atoms with Crippen molar-refractivity contribution in [2.45, 2.75) is 26.4 Å². The monoisotopic (exact) mass is 383 g/mol. The minimum atomic E-state index is -0.235. The predicted molar refractivity (Wildman–Crippen MR) is 106 cm³/mol. The molecule has 0 saturated heterocycles. The quantitative estimate of drug-likeness (QED) is 0.504. The van der Waals surface area contributed by atoms with Crippen LogP contribution in [0.25, 0.3) is 11.0 Å². The number of aromatic amines is 1. The third-order valence-corrected chi connectivity index (χ3v) is 4.69. The number of pyridine rings is 1. The number of aryl methyl sites for hydroxylation is 1. The van der Waals surface area contributed by atoms with E-state index in [0.29, 0.717) is 18.0 Å². The zero-order chi connectivity index (χ0) is 18.8. The Balaban J connectivity index is 1.55. The minimum absolute atomic E-state index is 0.235. The normalized spacial score (nSPS) is 11.2. The summed E-state index contributed by atoms with van der Waals surface area (Å²) < 4.78 is 15.3. The molecule has 0 spiro atoms. The first kappa shape index (κ1) is 17.5. The fourth-order valence-corrected chi connectivity index (χ4v) is 3.33. The van der Waals surface area contributed by atoms with Crippen LogP contribution in [-0.2, 0) is 19.5 Å². The molecule has 0 saturated carbocycles. The molecule has 2 N–H and O–H groups in total. The highest BCUT2D eigenvalue weighted by atomic mass is 35.5. The smallest absolute Gasteiger partial charge is 0.148 e. The first-order valence-electron chi connectivity index (χ1n) is 8.79. The first-order chi connectivity index (χ1) is 13.1. The Morgan fingerprint density at radius 3 is 2.96 bits per heavy atom. The van der Waals surface area contributed by atoms with Crippen molar-refractivity contribution in [3.05, 3.63) is 76.5 Å². The summed E-state index contributed by atoms with van der Waals surface area (Å²) in [6.45, 7) is 3.34. The van der Waals surface area contributed by atoms with Crippen molar-refractivity contribution in [3.8, 4) is 0 Å². The van der Waals surface area contributed by atoms with Gasteiger partial charge in [0, 0.05) is 49.1 Å². The molecule has 5 nitrogen and oxygen atoms in total. The number of hydrogen-bond acceptors (Lipinski definition) is 3. The van der Waals surface area contributed by atoms with Crippen LogP contribution in [0.15, 0.2) is 48.8 Å². The number of nitrogens with zero attached hydrogens (tertiary/aromatic N) is 3. The van der Waals surface area contributed by atoms with Crippen LogP contribution in [-0.4, -0.2) is 19.7 Å². The van der Waals surface area contributed by atoms with Crippen LogP contribution < -0.4 is 5.32 Å². The summed E-state index contributed by atoms with van der Waals surface area (Å²) in [5.74, 6) is 0.535. The minimum Gasteiger partial charge on any atom is -0.365 e. The second-order valence-electron chi connectivity index (χ2n) is 6.36. The number of fused-ring (bicyclic) bond motifs is 1. The number of H-pyrrole nitrogens is 1. The van der Waals surface area contributed by atoms with E-state index in [2.05, 4.69) is 27.3 Å². The molecule has 3 aromatic heterocycles. The Morgan fingerprint density at radius 1 is 1.26 bits per heavy atom. The Kier molecular flexibility index (Phi) is 4.81. The highest BCUT2D eigenvalue weighted by molar-refractivity contribution is 6.31. The Bertz CT molecular complexity index is 1090. The molecule has 0 aliphatic rings. The first-order valence-corrected chi connectivity index (χ1v) is 9.16. The lowest BCUT2D eigenvalue weighted by atomic mass is 10.1. The Hall–Kier alpha value is -2.86. The number of nitrogens with one attached hydrogen (secondary N) is 2. The van der Waals surface area contributed by atoms with E-state index < -0.39 is 0 Å². The van der Waals surface area contributed by atoms with Crippen LogP contribution in [0.3, 0.4) is 0 Å². The van der Waals surface area contributed by atoms with Gasteiger partial charge in [0.1, 0.15) is 17.3 Å². The summed E-state index contributed by atoms with van der Waals surface area (Å²) in [5, 5.41) is 9.50. The van der Waals surface area contributed by atoms with Gasteiger partial charge in [-0.1, -0.05) is 23.7 Å². The molecular weight excluding hydrogens is 365 g/mol. The summed E-state index contributed by atoms with van der Waals surface area (Å²) in [7, 11) is 0. The van der Waals surface area contributed by atoms with Crippen LogP contribution >= 0.6 is 11.6 Å². The number of aromatic nitrogens is 4. The van der Waals surface area contributed by atoms with Gasteiger partial charge in [0.15, 0.2) is 0 Å². The van der Waals surface area contributed by atoms with Crippen molar-refractivity contribution >= 4 is 28.5 Å². The van der Waals surface area contributed by atoms with Crippen molar-refractivity contribution in [1.29, 1.82) is 0 Å². The standard InChI is InChI=1S/C20H19ClFN5/c1-2-27-17(7-14-11-24-20-18(14)8-15(21)12-25-20)9-19(26-27)23-10-13-4-3-5-16(22)6-13/h3-6,8-9,11-12H,2,7,10H2,1H3,(H,23,26)(H,24,25). The van der Waals surface area contributed by atoms with E-state index in [-0.39, 0.29) is 5.82 Å². The second-order valence-corrected chi connectivity index (χ2v) is 6.80. The molecule has 4 rings (SSSR count). The zero-order valence-electron chi connectivity index (χ0n) is 14.8. The van der Waals surface area contributed by atoms with Crippen molar-refractivity contribution < 1.29 is 4.39 Å². The number of rotatable bonds is 6. The molecule has 138 valence electrons. The second kappa shape index (κ2) is 7.40. The van der Waals surface area contributed by atoms with Gasteiger partial charge in [0.05, 0.1) is 5.02 Å². The maximum Gasteiger partial charge on any atom is 0.148 e. The lowest BCUT2D eigenvalue weighted by Crippen LogP contribution is -2.04. The number of anilines is 1. The highest BCUT2D eigenvalue weighted by Gasteiger charge is 2.12. The maximum absolute atomic E-state index is 13.3. The predicted octanol–water partition coefficient (Wildman–Crippen LogP) is 4.77. The van der Waals surface area contributed by atoms with Crippen molar-refractivity contribution in [3.63, 3.8) is 0 Å². The number of benzene rings is 1. The molecule has 27 heavy (non-hydrogen) atoms. The van der Waals surface area contributed by atoms with Gasteiger partial charge in [0.25, 0.3) is 0 Å². The third-order valence-electron chi connectivity index (χ3n) is 4.48. The summed E-state index contributed by atoms with van der Waals surface area (Å²) in [5.41, 5.74) is 3.90. The van der Waals surface area contributed by atoms with Crippen molar-refractivity contribution in [2.24, 2.45) is 0 Å². The molecule has 0 aliphatic carbocycles. The molecule has 0 aliphatic heterocycles. The van der Waals surface area contributed by atoms with E-state index in [4.69, 9.17) is 11.6 Å². The molecule has 7 heteroatoms. The Labute approximate surface area is 161 Å². The molecule has 0 fully saturated rings. The molecule has 3 heterocycles. The third kappa shape index (κ3) is 3.80. The van der Waals surface area contributed by atoms with Crippen LogP contribution in [0.2, 0.25) is 5.02 Å². The Morgan fingerprint density at radius 2 is 2.15 bits per heavy atom. The zero-order valence-corrected chi connectivity index (χ0v) is 15.6. The van der Waals surface area contributed by atoms with Gasteiger partial charge in [-0.15, -0.1) is 0 Å². The van der Waals surface area contributed by atoms with Gasteiger partial charge in [-0.25, -0.2) is 9.37 Å². The van der Waals surface area contributed by atoms with Crippen molar-refractivity contribution in [1.82, 2.24) is 19.7 Å². The van der Waals surface area contributed by atoms with Gasteiger partial charge < -0.3 is 10.3 Å². The molecule has 0 bridgehead atoms. The highest BCUT2D eigenvalue weighted by Crippen LogP contribution is 2.24. The van der Waals surface area contributed by atoms with E-state index >= 15 is 0 Å². The average molecular weight is 384 g/mol. The summed E-state index contributed by atoms with van der Waals surface area (Å²) in [6, 6.07) is 10.5. The SMILES string of the molecule is CCn1nc(NCc2cccc(F)c2)cc1Cc1c[nH]c2ncc(Cl)cc12. The number of hydrogen-bond donors (Lipinski definition) is 2.